The van der Waals surface area contributed by atoms with Crippen LogP contribution in [0.3, 0.4) is 0 Å². The summed E-state index contributed by atoms with van der Waals surface area (Å²) in [6, 6.07) is 15.5. The van der Waals surface area contributed by atoms with E-state index in [1.54, 1.807) is 6.07 Å². The van der Waals surface area contributed by atoms with Gasteiger partial charge in [-0.15, -0.1) is 0 Å². The van der Waals surface area contributed by atoms with E-state index in [2.05, 4.69) is 5.32 Å². The van der Waals surface area contributed by atoms with Gasteiger partial charge in [0, 0.05) is 6.54 Å². The minimum Gasteiger partial charge on any atom is -0.452 e. The first-order chi connectivity index (χ1) is 12.8. The molecule has 1 atom stereocenters. The summed E-state index contributed by atoms with van der Waals surface area (Å²) in [6.45, 7) is 3.41. The molecule has 7 heteroatoms. The van der Waals surface area contributed by atoms with E-state index in [0.29, 0.717) is 6.54 Å². The predicted octanol–water partition coefficient (Wildman–Crippen LogP) is 2.56. The van der Waals surface area contributed by atoms with Crippen LogP contribution in [-0.4, -0.2) is 39.2 Å². The normalized spacial score (nSPS) is 12.2. The summed E-state index contributed by atoms with van der Waals surface area (Å²) in [6.07, 6.45) is 0. The fraction of sp³-hybridized carbons (Fsp3) is 0.300. The number of hydrogen-bond acceptors (Lipinski definition) is 5. The van der Waals surface area contributed by atoms with Gasteiger partial charge < -0.3 is 10.1 Å². The monoisotopic (exact) mass is 389 g/mol. The summed E-state index contributed by atoms with van der Waals surface area (Å²) in [5.41, 5.74) is 1.03. The van der Waals surface area contributed by atoms with Gasteiger partial charge in [-0.25, -0.2) is 13.2 Å². The summed E-state index contributed by atoms with van der Waals surface area (Å²) in [7, 11) is -3.57. The first kappa shape index (κ1) is 20.6. The lowest BCUT2D eigenvalue weighted by molar-refractivity contribution is -0.124. The molecular formula is C20H23NO5S. The Balaban J connectivity index is 1.92. The van der Waals surface area contributed by atoms with Crippen LogP contribution in [0, 0.1) is 0 Å². The zero-order chi connectivity index (χ0) is 19.9. The average Bonchev–Trinajstić information content (AvgIpc) is 2.70. The maximum Gasteiger partial charge on any atom is 0.339 e. The van der Waals surface area contributed by atoms with Crippen molar-refractivity contribution >= 4 is 21.7 Å². The van der Waals surface area contributed by atoms with Crippen molar-refractivity contribution in [1.29, 1.82) is 0 Å². The summed E-state index contributed by atoms with van der Waals surface area (Å²) < 4.78 is 29.2. The second-order valence-corrected chi connectivity index (χ2v) is 8.34. The number of hydrogen-bond donors (Lipinski definition) is 1. The summed E-state index contributed by atoms with van der Waals surface area (Å²) in [4.78, 5) is 24.1. The molecule has 0 fully saturated rings. The molecule has 0 unspecified atom stereocenters. The van der Waals surface area contributed by atoms with Crippen LogP contribution in [-0.2, 0) is 19.4 Å². The molecular weight excluding hydrogens is 366 g/mol. The fourth-order valence-corrected chi connectivity index (χ4v) is 3.57. The Bertz CT molecular complexity index is 894. The molecule has 1 amide bonds. The van der Waals surface area contributed by atoms with Crippen LogP contribution >= 0.6 is 0 Å². The minimum atomic E-state index is -3.57. The van der Waals surface area contributed by atoms with Crippen molar-refractivity contribution in [2.75, 3.05) is 18.9 Å². The van der Waals surface area contributed by atoms with E-state index in [4.69, 9.17) is 4.74 Å². The molecule has 0 aliphatic rings. The molecule has 0 radical (unpaired) electrons. The maximum atomic E-state index is 12.2. The zero-order valence-corrected chi connectivity index (χ0v) is 16.2. The van der Waals surface area contributed by atoms with Gasteiger partial charge in [0.2, 0.25) is 0 Å². The number of carbonyl (C=O) groups is 2. The van der Waals surface area contributed by atoms with Gasteiger partial charge in [0.1, 0.15) is 0 Å². The van der Waals surface area contributed by atoms with Gasteiger partial charge >= 0.3 is 5.97 Å². The molecule has 0 bridgehead atoms. The second-order valence-electron chi connectivity index (χ2n) is 6.09. The third-order valence-electron chi connectivity index (χ3n) is 4.13. The Morgan fingerprint density at radius 2 is 1.67 bits per heavy atom. The summed E-state index contributed by atoms with van der Waals surface area (Å²) >= 11 is 0. The van der Waals surface area contributed by atoms with Crippen LogP contribution < -0.4 is 5.32 Å². The molecule has 2 aromatic rings. The lowest BCUT2D eigenvalue weighted by Gasteiger charge is -2.13. The summed E-state index contributed by atoms with van der Waals surface area (Å²) in [5.74, 6) is -1.30. The number of nitrogens with one attached hydrogen (secondary N) is 1. The van der Waals surface area contributed by atoms with Crippen molar-refractivity contribution in [3.63, 3.8) is 0 Å². The quantitative estimate of drug-likeness (QED) is 0.701. The van der Waals surface area contributed by atoms with Gasteiger partial charge in [0.25, 0.3) is 5.91 Å². The van der Waals surface area contributed by atoms with Gasteiger partial charge in [-0.1, -0.05) is 56.3 Å². The van der Waals surface area contributed by atoms with E-state index in [1.807, 2.05) is 37.3 Å². The number of esters is 1. The smallest absolute Gasteiger partial charge is 0.339 e. The Morgan fingerprint density at radius 1 is 1.04 bits per heavy atom. The van der Waals surface area contributed by atoms with Crippen LogP contribution in [0.5, 0.6) is 0 Å². The molecule has 0 aliphatic heterocycles. The van der Waals surface area contributed by atoms with E-state index >= 15 is 0 Å². The Hall–Kier alpha value is -2.67. The summed E-state index contributed by atoms with van der Waals surface area (Å²) in [5, 5.41) is 2.71. The highest BCUT2D eigenvalue weighted by Gasteiger charge is 2.22. The molecule has 0 saturated carbocycles. The second kappa shape index (κ2) is 9.32. The Labute approximate surface area is 159 Å². The Morgan fingerprint density at radius 3 is 2.33 bits per heavy atom. The van der Waals surface area contributed by atoms with E-state index in [9.17, 15) is 18.0 Å². The van der Waals surface area contributed by atoms with Gasteiger partial charge in [-0.3, -0.25) is 4.79 Å². The van der Waals surface area contributed by atoms with Crippen molar-refractivity contribution in [1.82, 2.24) is 5.32 Å². The standard InChI is InChI=1S/C20H23NO5S/c1-3-27(24,25)18-12-8-7-11-17(18)20(23)26-14-19(22)21-13-15(2)16-9-5-4-6-10-16/h4-12,15H,3,13-14H2,1-2H3,(H,21,22)/t15-/m1/s1. The molecule has 6 nitrogen and oxygen atoms in total. The van der Waals surface area contributed by atoms with Gasteiger partial charge in [-0.05, 0) is 23.6 Å². The molecule has 2 rings (SSSR count). The van der Waals surface area contributed by atoms with E-state index in [1.165, 1.54) is 25.1 Å². The molecule has 0 heterocycles. The molecule has 0 aromatic heterocycles. The van der Waals surface area contributed by atoms with Crippen LogP contribution in [0.15, 0.2) is 59.5 Å². The molecule has 144 valence electrons. The first-order valence-corrected chi connectivity index (χ1v) is 10.3. The van der Waals surface area contributed by atoms with Crippen LogP contribution in [0.1, 0.15) is 35.7 Å². The molecule has 0 spiro atoms. The molecule has 0 saturated heterocycles. The van der Waals surface area contributed by atoms with Crippen molar-refractivity contribution < 1.29 is 22.7 Å². The lowest BCUT2D eigenvalue weighted by atomic mass is 10.0. The third kappa shape index (κ3) is 5.65. The van der Waals surface area contributed by atoms with E-state index in [-0.39, 0.29) is 22.1 Å². The van der Waals surface area contributed by atoms with Crippen molar-refractivity contribution in [2.24, 2.45) is 0 Å². The number of amides is 1. The topological polar surface area (TPSA) is 89.5 Å². The predicted molar refractivity (Wildman–Crippen MR) is 102 cm³/mol. The highest BCUT2D eigenvalue weighted by atomic mass is 32.2. The van der Waals surface area contributed by atoms with Crippen molar-refractivity contribution in [3.05, 3.63) is 65.7 Å². The lowest BCUT2D eigenvalue weighted by Crippen LogP contribution is -2.31. The number of sulfone groups is 1. The Kier molecular flexibility index (Phi) is 7.12. The van der Waals surface area contributed by atoms with Gasteiger partial charge in [-0.2, -0.15) is 0 Å². The number of ether oxygens (including phenoxy) is 1. The highest BCUT2D eigenvalue weighted by Crippen LogP contribution is 2.18. The van der Waals surface area contributed by atoms with Crippen LogP contribution in [0.2, 0.25) is 0 Å². The van der Waals surface area contributed by atoms with Crippen LogP contribution in [0.25, 0.3) is 0 Å². The van der Waals surface area contributed by atoms with E-state index in [0.717, 1.165) is 5.56 Å². The molecule has 2 aromatic carbocycles. The van der Waals surface area contributed by atoms with Gasteiger partial charge in [0.15, 0.2) is 16.4 Å². The SMILES string of the molecule is CCS(=O)(=O)c1ccccc1C(=O)OCC(=O)NC[C@@H](C)c1ccccc1. The first-order valence-electron chi connectivity index (χ1n) is 8.65. The molecule has 1 N–H and O–H groups in total. The van der Waals surface area contributed by atoms with Crippen LogP contribution in [0.4, 0.5) is 0 Å². The largest absolute Gasteiger partial charge is 0.452 e. The number of benzene rings is 2. The average molecular weight is 389 g/mol. The number of carbonyl (C=O) groups excluding carboxylic acids is 2. The molecule has 27 heavy (non-hydrogen) atoms. The van der Waals surface area contributed by atoms with Gasteiger partial charge in [0.05, 0.1) is 16.2 Å². The fourth-order valence-electron chi connectivity index (χ4n) is 2.49. The third-order valence-corrected chi connectivity index (χ3v) is 5.92. The van der Waals surface area contributed by atoms with Crippen molar-refractivity contribution in [3.8, 4) is 0 Å². The minimum absolute atomic E-state index is 0.0650. The van der Waals surface area contributed by atoms with Crippen molar-refractivity contribution in [2.45, 2.75) is 24.7 Å². The van der Waals surface area contributed by atoms with E-state index < -0.39 is 28.3 Å². The number of rotatable bonds is 8. The highest BCUT2D eigenvalue weighted by molar-refractivity contribution is 7.91. The zero-order valence-electron chi connectivity index (χ0n) is 15.3. The molecule has 0 aliphatic carbocycles. The maximum absolute atomic E-state index is 12.2.